The minimum absolute atomic E-state index is 0.156. The third kappa shape index (κ3) is 6.27. The van der Waals surface area contributed by atoms with Crippen molar-refractivity contribution in [2.45, 2.75) is 52.5 Å². The summed E-state index contributed by atoms with van der Waals surface area (Å²) < 4.78 is 12.6. The van der Waals surface area contributed by atoms with Gasteiger partial charge in [0.25, 0.3) is 0 Å². The van der Waals surface area contributed by atoms with Gasteiger partial charge in [-0.1, -0.05) is 6.42 Å². The Bertz CT molecular complexity index is 562. The number of carbonyl (C=O) groups is 2. The molecule has 7 heteroatoms. The number of hydrogen-bond acceptors (Lipinski definition) is 6. The van der Waals surface area contributed by atoms with Crippen LogP contribution in [0.4, 0.5) is 0 Å². The van der Waals surface area contributed by atoms with Crippen molar-refractivity contribution < 1.29 is 19.1 Å². The lowest BCUT2D eigenvalue weighted by Gasteiger charge is -2.07. The largest absolute Gasteiger partial charge is 0.469 e. The summed E-state index contributed by atoms with van der Waals surface area (Å²) in [6.45, 7) is 4.71. The highest BCUT2D eigenvalue weighted by Gasteiger charge is 2.09. The summed E-state index contributed by atoms with van der Waals surface area (Å²) in [4.78, 5) is 23.0. The van der Waals surface area contributed by atoms with Crippen molar-refractivity contribution in [1.82, 2.24) is 4.57 Å². The highest BCUT2D eigenvalue weighted by atomic mass is 32.1. The smallest absolute Gasteiger partial charge is 0.305 e. The van der Waals surface area contributed by atoms with Gasteiger partial charge in [-0.15, -0.1) is 11.3 Å². The average molecular weight is 345 g/mol. The number of aromatic nitrogens is 1. The van der Waals surface area contributed by atoms with Crippen LogP contribution in [0, 0.1) is 10.9 Å². The van der Waals surface area contributed by atoms with Crippen molar-refractivity contribution in [3.8, 4) is 0 Å². The predicted molar refractivity (Wildman–Crippen MR) is 88.7 cm³/mol. The molecule has 0 unspecified atom stereocenters. The van der Waals surface area contributed by atoms with E-state index in [-0.39, 0.29) is 11.9 Å². The van der Waals surface area contributed by atoms with Crippen molar-refractivity contribution in [3.63, 3.8) is 0 Å². The molecule has 0 fully saturated rings. The summed E-state index contributed by atoms with van der Waals surface area (Å²) in [5, 5.41) is 0. The Balaban J connectivity index is 2.43. The van der Waals surface area contributed by atoms with Crippen LogP contribution >= 0.6 is 23.6 Å². The summed E-state index contributed by atoms with van der Waals surface area (Å²) >= 11 is 6.98. The molecule has 1 aromatic heterocycles. The number of unbranched alkanes of at least 4 members (excludes halogenated alkanes) is 2. The second kappa shape index (κ2) is 9.74. The third-order valence-electron chi connectivity index (χ3n) is 3.36. The van der Waals surface area contributed by atoms with E-state index in [4.69, 9.17) is 17.0 Å². The molecule has 0 amide bonds. The van der Waals surface area contributed by atoms with E-state index >= 15 is 0 Å². The molecule has 124 valence electrons. The number of rotatable bonds is 9. The normalized spacial score (nSPS) is 10.5. The Hall–Kier alpha value is -1.21. The number of nitrogens with zero attached hydrogens (tertiary/aromatic N) is 1. The summed E-state index contributed by atoms with van der Waals surface area (Å²) in [5.41, 5.74) is 1.15. The second-order valence-electron chi connectivity index (χ2n) is 5.01. The fourth-order valence-corrected chi connectivity index (χ4v) is 3.64. The maximum Gasteiger partial charge on any atom is 0.305 e. The van der Waals surface area contributed by atoms with Gasteiger partial charge in [0.05, 0.1) is 13.7 Å². The van der Waals surface area contributed by atoms with E-state index in [0.717, 1.165) is 35.5 Å². The van der Waals surface area contributed by atoms with Crippen LogP contribution in [-0.4, -0.2) is 30.2 Å². The molecular formula is C15H23NO4S2. The average Bonchev–Trinajstić information content (AvgIpc) is 2.73. The van der Waals surface area contributed by atoms with Crippen molar-refractivity contribution >= 4 is 35.5 Å². The molecule has 0 saturated carbocycles. The van der Waals surface area contributed by atoms with Gasteiger partial charge in [-0.3, -0.25) is 9.59 Å². The summed E-state index contributed by atoms with van der Waals surface area (Å²) in [6.07, 6.45) is 3.96. The van der Waals surface area contributed by atoms with Crippen LogP contribution in [-0.2, 0) is 32.0 Å². The van der Waals surface area contributed by atoms with E-state index in [1.165, 1.54) is 18.9 Å². The van der Waals surface area contributed by atoms with E-state index in [0.29, 0.717) is 19.4 Å². The maximum atomic E-state index is 11.0. The molecule has 0 aliphatic rings. The Labute approximate surface area is 140 Å². The van der Waals surface area contributed by atoms with Gasteiger partial charge < -0.3 is 14.0 Å². The van der Waals surface area contributed by atoms with E-state index in [1.54, 1.807) is 11.3 Å². The fraction of sp³-hybridized carbons (Fsp3) is 0.667. The number of thiazole rings is 1. The fourth-order valence-electron chi connectivity index (χ4n) is 2.12. The van der Waals surface area contributed by atoms with E-state index in [2.05, 4.69) is 9.30 Å². The van der Waals surface area contributed by atoms with Crippen LogP contribution in [0.2, 0.25) is 0 Å². The predicted octanol–water partition coefficient (Wildman–Crippen LogP) is 3.43. The molecule has 0 atom stereocenters. The zero-order valence-corrected chi connectivity index (χ0v) is 15.0. The zero-order valence-electron chi connectivity index (χ0n) is 13.3. The van der Waals surface area contributed by atoms with E-state index < -0.39 is 0 Å². The number of methoxy groups -OCH3 is 1. The Kier molecular flexibility index (Phi) is 8.34. The molecule has 22 heavy (non-hydrogen) atoms. The number of carbonyl (C=O) groups excluding carboxylic acids is 2. The number of ether oxygens (including phenoxy) is 2. The summed E-state index contributed by atoms with van der Waals surface area (Å²) in [6, 6.07) is 0. The quantitative estimate of drug-likeness (QED) is 0.390. The van der Waals surface area contributed by atoms with Crippen LogP contribution in [0.1, 0.15) is 43.2 Å². The highest BCUT2D eigenvalue weighted by Crippen LogP contribution is 2.20. The van der Waals surface area contributed by atoms with Crippen molar-refractivity contribution in [3.05, 3.63) is 14.5 Å². The SMILES string of the molecule is COC(=O)CCCCCn1c(C)c(CCOC(C)=O)sc1=S. The lowest BCUT2D eigenvalue weighted by Crippen LogP contribution is -2.05. The van der Waals surface area contributed by atoms with Gasteiger partial charge in [-0.25, -0.2) is 0 Å². The van der Waals surface area contributed by atoms with E-state index in [9.17, 15) is 9.59 Å². The molecular weight excluding hydrogens is 322 g/mol. The van der Waals surface area contributed by atoms with Gasteiger partial charge in [-0.2, -0.15) is 0 Å². The first-order valence-electron chi connectivity index (χ1n) is 7.35. The molecule has 0 bridgehead atoms. The first-order chi connectivity index (χ1) is 10.5. The molecule has 0 aliphatic carbocycles. The van der Waals surface area contributed by atoms with Gasteiger partial charge in [0.1, 0.15) is 0 Å². The molecule has 5 nitrogen and oxygen atoms in total. The zero-order chi connectivity index (χ0) is 16.5. The van der Waals surface area contributed by atoms with Crippen molar-refractivity contribution in [2.24, 2.45) is 0 Å². The molecule has 0 aliphatic heterocycles. The lowest BCUT2D eigenvalue weighted by atomic mass is 10.2. The lowest BCUT2D eigenvalue weighted by molar-refractivity contribution is -0.141. The maximum absolute atomic E-state index is 11.0. The molecule has 0 saturated heterocycles. The van der Waals surface area contributed by atoms with Gasteiger partial charge in [0.15, 0.2) is 3.95 Å². The monoisotopic (exact) mass is 345 g/mol. The molecule has 0 spiro atoms. The Morgan fingerprint density at radius 1 is 1.27 bits per heavy atom. The minimum Gasteiger partial charge on any atom is -0.469 e. The van der Waals surface area contributed by atoms with Crippen LogP contribution in [0.25, 0.3) is 0 Å². The van der Waals surface area contributed by atoms with Gasteiger partial charge >= 0.3 is 11.9 Å². The molecule has 1 rings (SSSR count). The third-order valence-corrected chi connectivity index (χ3v) is 4.98. The molecule has 1 heterocycles. The van der Waals surface area contributed by atoms with Crippen molar-refractivity contribution in [2.75, 3.05) is 13.7 Å². The Morgan fingerprint density at radius 2 is 2.00 bits per heavy atom. The van der Waals surface area contributed by atoms with Gasteiger partial charge in [0, 0.05) is 36.9 Å². The first-order valence-corrected chi connectivity index (χ1v) is 8.57. The van der Waals surface area contributed by atoms with E-state index in [1.807, 2.05) is 6.92 Å². The van der Waals surface area contributed by atoms with Gasteiger partial charge in [0.2, 0.25) is 0 Å². The molecule has 0 N–H and O–H groups in total. The number of hydrogen-bond donors (Lipinski definition) is 0. The highest BCUT2D eigenvalue weighted by molar-refractivity contribution is 7.73. The molecule has 0 radical (unpaired) electrons. The standard InChI is InChI=1S/C15H23NO4S2/c1-11-13(8-10-20-12(2)17)22-15(21)16(11)9-6-4-5-7-14(18)19-3/h4-10H2,1-3H3. The topological polar surface area (TPSA) is 57.5 Å². The van der Waals surface area contributed by atoms with Crippen molar-refractivity contribution in [1.29, 1.82) is 0 Å². The second-order valence-corrected chi connectivity index (χ2v) is 6.73. The van der Waals surface area contributed by atoms with Crippen LogP contribution in [0.5, 0.6) is 0 Å². The Morgan fingerprint density at radius 3 is 2.64 bits per heavy atom. The van der Waals surface area contributed by atoms with Gasteiger partial charge in [-0.05, 0) is 32.0 Å². The summed E-state index contributed by atoms with van der Waals surface area (Å²) in [7, 11) is 1.41. The number of esters is 2. The minimum atomic E-state index is -0.258. The molecule has 1 aromatic rings. The van der Waals surface area contributed by atoms with Crippen LogP contribution in [0.3, 0.4) is 0 Å². The first kappa shape index (κ1) is 18.8. The summed E-state index contributed by atoms with van der Waals surface area (Å²) in [5.74, 6) is -0.414. The molecule has 0 aromatic carbocycles. The van der Waals surface area contributed by atoms with Crippen LogP contribution in [0.15, 0.2) is 0 Å². The van der Waals surface area contributed by atoms with Crippen LogP contribution < -0.4 is 0 Å².